The van der Waals surface area contributed by atoms with E-state index in [4.69, 9.17) is 36.6 Å². The van der Waals surface area contributed by atoms with Crippen LogP contribution in [0.25, 0.3) is 0 Å². The molecular weight excluding hydrogens is 782 g/mol. The molecule has 324 valence electrons. The van der Waals surface area contributed by atoms with E-state index in [0.29, 0.717) is 12.8 Å². The first-order valence-electron chi connectivity index (χ1n) is 18.0. The number of rotatable bonds is 34. The summed E-state index contributed by atoms with van der Waals surface area (Å²) in [5, 5.41) is 15.7. The quantitative estimate of drug-likeness (QED) is 0.0307. The average Bonchev–Trinajstić information content (AvgIpc) is 3.10. The van der Waals surface area contributed by atoms with Gasteiger partial charge in [-0.25, -0.2) is 13.9 Å². The molecule has 0 heterocycles. The Morgan fingerprint density at radius 3 is 1.21 bits per heavy atom. The Kier molecular flexibility index (Phi) is 29.1. The molecular formula is C33H62N6O15P2. The number of amides is 6. The van der Waals surface area contributed by atoms with Gasteiger partial charge in [-0.1, -0.05) is 12.2 Å². The molecule has 0 aromatic rings. The summed E-state index contributed by atoms with van der Waals surface area (Å²) in [5.74, 6) is -1.09. The van der Waals surface area contributed by atoms with Crippen LogP contribution >= 0.6 is 15.6 Å². The van der Waals surface area contributed by atoms with Crippen LogP contribution in [0.15, 0.2) is 25.3 Å². The third-order valence-electron chi connectivity index (χ3n) is 6.59. The highest BCUT2D eigenvalue weighted by Gasteiger charge is 2.30. The Balaban J connectivity index is 4.89. The lowest BCUT2D eigenvalue weighted by Crippen LogP contribution is -2.41. The number of nitrogens with one attached hydrogen (secondary N) is 6. The first-order valence-corrected chi connectivity index (χ1v) is 20.9. The van der Waals surface area contributed by atoms with E-state index in [1.54, 1.807) is 0 Å². The number of carbonyl (C=O) groups is 5. The van der Waals surface area contributed by atoms with E-state index in [0.717, 1.165) is 0 Å². The Hall–Kier alpha value is -3.23. The fourth-order valence-corrected chi connectivity index (χ4v) is 6.61. The van der Waals surface area contributed by atoms with Crippen LogP contribution in [0.3, 0.4) is 0 Å². The van der Waals surface area contributed by atoms with Crippen LogP contribution in [0.1, 0.15) is 54.4 Å². The van der Waals surface area contributed by atoms with Crippen LogP contribution in [-0.4, -0.2) is 133 Å². The molecule has 0 saturated heterocycles. The van der Waals surface area contributed by atoms with Crippen LogP contribution < -0.4 is 31.9 Å². The minimum absolute atomic E-state index is 0.0102. The van der Waals surface area contributed by atoms with Crippen LogP contribution in [0.4, 0.5) is 4.79 Å². The second-order valence-electron chi connectivity index (χ2n) is 12.2. The second kappa shape index (κ2) is 30.8. The van der Waals surface area contributed by atoms with Crippen molar-refractivity contribution in [1.29, 1.82) is 0 Å². The summed E-state index contributed by atoms with van der Waals surface area (Å²) in [4.78, 5) is 58.1. The van der Waals surface area contributed by atoms with Crippen molar-refractivity contribution in [2.24, 2.45) is 0 Å². The van der Waals surface area contributed by atoms with Gasteiger partial charge in [0.25, 0.3) is 0 Å². The predicted octanol–water partition coefficient (Wildman–Crippen LogP) is 1.85. The van der Waals surface area contributed by atoms with E-state index in [2.05, 4.69) is 45.1 Å². The SMILES string of the molecule is C=CCOP(=O)(OCCNC(=O)NCCOP(=O)(OCC=C)OC[C@@H](COCC[C@H](C)NC(C)=O)NC(C)=O)OC[C@@H](COCC[C@H](C)NC(C)=O)NC(C)=O. The molecule has 0 spiro atoms. The smallest absolute Gasteiger partial charge is 0.379 e. The largest absolute Gasteiger partial charge is 0.475 e. The molecule has 0 aromatic carbocycles. The van der Waals surface area contributed by atoms with E-state index in [1.807, 2.05) is 13.8 Å². The summed E-state index contributed by atoms with van der Waals surface area (Å²) in [7, 11) is -8.37. The summed E-state index contributed by atoms with van der Waals surface area (Å²) in [5.41, 5.74) is 0. The fourth-order valence-electron chi connectivity index (χ4n) is 4.23. The highest BCUT2D eigenvalue weighted by atomic mass is 31.2. The van der Waals surface area contributed by atoms with Crippen molar-refractivity contribution < 1.29 is 69.7 Å². The van der Waals surface area contributed by atoms with Gasteiger partial charge in [0.1, 0.15) is 0 Å². The molecule has 0 aromatic heterocycles. The van der Waals surface area contributed by atoms with E-state index in [9.17, 15) is 33.1 Å². The van der Waals surface area contributed by atoms with Crippen LogP contribution in [0.2, 0.25) is 0 Å². The molecule has 0 aliphatic carbocycles. The second-order valence-corrected chi connectivity index (χ2v) is 15.6. The van der Waals surface area contributed by atoms with Gasteiger partial charge < -0.3 is 41.4 Å². The number of urea groups is 1. The minimum atomic E-state index is -4.18. The predicted molar refractivity (Wildman–Crippen MR) is 205 cm³/mol. The van der Waals surface area contributed by atoms with Crippen molar-refractivity contribution >= 4 is 45.3 Å². The highest BCUT2D eigenvalue weighted by molar-refractivity contribution is 7.48. The molecule has 0 saturated carbocycles. The summed E-state index contributed by atoms with van der Waals surface area (Å²) in [6.45, 7) is 14.8. The van der Waals surface area contributed by atoms with Crippen molar-refractivity contribution in [1.82, 2.24) is 31.9 Å². The maximum atomic E-state index is 13.2. The molecule has 0 aliphatic heterocycles. The van der Waals surface area contributed by atoms with Gasteiger partial charge in [0.15, 0.2) is 0 Å². The normalized spacial score (nSPS) is 15.4. The number of phosphoric acid groups is 2. The molecule has 21 nitrogen and oxygen atoms in total. The lowest BCUT2D eigenvalue weighted by molar-refractivity contribution is -0.121. The van der Waals surface area contributed by atoms with Gasteiger partial charge in [-0.3, -0.25) is 46.3 Å². The zero-order chi connectivity index (χ0) is 42.4. The van der Waals surface area contributed by atoms with Gasteiger partial charge in [0.2, 0.25) is 23.6 Å². The van der Waals surface area contributed by atoms with Crippen molar-refractivity contribution in [3.8, 4) is 0 Å². The van der Waals surface area contributed by atoms with Crippen molar-refractivity contribution in [3.05, 3.63) is 25.3 Å². The Bertz CT molecular complexity index is 1220. The number of phosphoric ester groups is 2. The van der Waals surface area contributed by atoms with Crippen molar-refractivity contribution in [3.63, 3.8) is 0 Å². The molecule has 0 rings (SSSR count). The van der Waals surface area contributed by atoms with Crippen LogP contribution in [0, 0.1) is 0 Å². The lowest BCUT2D eigenvalue weighted by atomic mass is 10.2. The monoisotopic (exact) mass is 844 g/mol. The van der Waals surface area contributed by atoms with Gasteiger partial charge in [0.05, 0.1) is 64.9 Å². The van der Waals surface area contributed by atoms with Crippen molar-refractivity contribution in [2.75, 3.05) is 79.2 Å². The van der Waals surface area contributed by atoms with Gasteiger partial charge in [-0.2, -0.15) is 0 Å². The molecule has 56 heavy (non-hydrogen) atoms. The molecule has 0 bridgehead atoms. The number of carbonyl (C=O) groups excluding carboxylic acids is 5. The standard InChI is InChI=1S/C33H62N6O15P2/c1-9-15-49-55(45,53-23-31(38-29(7)42)21-47-17-11-25(3)36-27(5)40)51-19-13-34-33(44)35-14-20-52-56(46,50-16-10-2)54-24-32(39-30(8)43)22-48-18-12-26(4)37-28(6)41/h9-10,25-26,31-32H,1-2,11-24H2,3-8H3,(H,36,40)(H,37,41)(H,38,42)(H,39,43)(H2,34,35,44)/t25-,26-,31+,32+,55?,56?/m0/s1. The Morgan fingerprint density at radius 2 is 0.893 bits per heavy atom. The summed E-state index contributed by atoms with van der Waals surface area (Å²) in [6, 6.07) is -2.33. The van der Waals surface area contributed by atoms with Crippen LogP contribution in [-0.2, 0) is 64.9 Å². The Labute approximate surface area is 329 Å². The molecule has 6 amide bonds. The first-order chi connectivity index (χ1) is 26.4. The maximum Gasteiger partial charge on any atom is 0.475 e. The molecule has 2 unspecified atom stereocenters. The van der Waals surface area contributed by atoms with E-state index in [1.165, 1.54) is 39.8 Å². The number of ether oxygens (including phenoxy) is 2. The molecule has 0 fully saturated rings. The topological polar surface area (TPSA) is 266 Å². The van der Waals surface area contributed by atoms with Gasteiger partial charge in [0, 0.05) is 66.1 Å². The summed E-state index contributed by atoms with van der Waals surface area (Å²) >= 11 is 0. The van der Waals surface area contributed by atoms with Crippen molar-refractivity contribution in [2.45, 2.75) is 78.6 Å². The zero-order valence-corrected chi connectivity index (χ0v) is 35.1. The summed E-state index contributed by atoms with van der Waals surface area (Å²) in [6.07, 6.45) is 3.71. The third-order valence-corrected chi connectivity index (χ3v) is 9.44. The summed E-state index contributed by atoms with van der Waals surface area (Å²) < 4.78 is 69.7. The van der Waals surface area contributed by atoms with Crippen LogP contribution in [0.5, 0.6) is 0 Å². The van der Waals surface area contributed by atoms with Gasteiger partial charge in [-0.15, -0.1) is 13.2 Å². The van der Waals surface area contributed by atoms with Gasteiger partial charge in [-0.05, 0) is 26.7 Å². The third kappa shape index (κ3) is 30.0. The first kappa shape index (κ1) is 52.8. The van der Waals surface area contributed by atoms with E-state index >= 15 is 0 Å². The minimum Gasteiger partial charge on any atom is -0.379 e. The zero-order valence-electron chi connectivity index (χ0n) is 33.3. The number of hydrogen-bond acceptors (Lipinski definition) is 15. The molecule has 6 N–H and O–H groups in total. The van der Waals surface area contributed by atoms with E-state index in [-0.39, 0.29) is 115 Å². The lowest BCUT2D eigenvalue weighted by Gasteiger charge is -2.23. The Morgan fingerprint density at radius 1 is 0.536 bits per heavy atom. The molecule has 0 radical (unpaired) electrons. The maximum absolute atomic E-state index is 13.2. The molecule has 0 aliphatic rings. The fraction of sp³-hybridized carbons (Fsp3) is 0.727. The molecule has 23 heteroatoms. The number of hydrogen-bond donors (Lipinski definition) is 6. The molecule has 6 atom stereocenters. The van der Waals surface area contributed by atoms with E-state index < -0.39 is 33.8 Å². The average molecular weight is 845 g/mol. The highest BCUT2D eigenvalue weighted by Crippen LogP contribution is 2.50. The van der Waals surface area contributed by atoms with Gasteiger partial charge >= 0.3 is 21.7 Å².